The maximum Gasteiger partial charge on any atom is 0.106 e. The summed E-state index contributed by atoms with van der Waals surface area (Å²) in [6.07, 6.45) is -0.645. The van der Waals surface area contributed by atoms with Crippen molar-refractivity contribution in [2.45, 2.75) is 26.1 Å². The minimum atomic E-state index is -0.531. The topological polar surface area (TPSA) is 32.7 Å². The van der Waals surface area contributed by atoms with Gasteiger partial charge >= 0.3 is 0 Å². The minimum Gasteiger partial charge on any atom is -0.386 e. The van der Waals surface area contributed by atoms with Gasteiger partial charge in [0.25, 0.3) is 0 Å². The first-order valence-corrected chi connectivity index (χ1v) is 6.13. The molecular formula is C14H21NO2. The predicted octanol–water partition coefficient (Wildman–Crippen LogP) is 1.67. The van der Waals surface area contributed by atoms with Gasteiger partial charge in [0.1, 0.15) is 12.2 Å². The van der Waals surface area contributed by atoms with Crippen LogP contribution < -0.4 is 0 Å². The van der Waals surface area contributed by atoms with E-state index in [1.54, 1.807) is 0 Å². The molecule has 0 bridgehead atoms. The molecule has 1 aliphatic rings. The number of nitrogens with zero attached hydrogens (tertiary/aromatic N) is 1. The Hall–Kier alpha value is -0.900. The number of aliphatic hydroxyl groups excluding tert-OH is 1. The molecule has 1 aliphatic heterocycles. The van der Waals surface area contributed by atoms with Gasteiger partial charge in [-0.15, -0.1) is 0 Å². The summed E-state index contributed by atoms with van der Waals surface area (Å²) in [5.74, 6) is 0. The van der Waals surface area contributed by atoms with Crippen molar-refractivity contribution in [3.63, 3.8) is 0 Å². The van der Waals surface area contributed by atoms with E-state index in [2.05, 4.69) is 37.9 Å². The Morgan fingerprint density at radius 2 is 2.12 bits per heavy atom. The molecule has 1 aromatic carbocycles. The van der Waals surface area contributed by atoms with Gasteiger partial charge in [0.05, 0.1) is 6.61 Å². The van der Waals surface area contributed by atoms with Crippen molar-refractivity contribution < 1.29 is 9.84 Å². The Kier molecular flexibility index (Phi) is 3.82. The van der Waals surface area contributed by atoms with Gasteiger partial charge in [0.15, 0.2) is 0 Å². The van der Waals surface area contributed by atoms with Gasteiger partial charge in [-0.25, -0.2) is 0 Å². The fourth-order valence-electron chi connectivity index (χ4n) is 2.17. The zero-order valence-electron chi connectivity index (χ0n) is 10.8. The molecule has 0 aromatic heterocycles. The number of ether oxygens (including phenoxy) is 1. The Balaban J connectivity index is 2.12. The maximum absolute atomic E-state index is 10.3. The summed E-state index contributed by atoms with van der Waals surface area (Å²) in [6, 6.07) is 6.10. The number of hydrogen-bond acceptors (Lipinski definition) is 3. The van der Waals surface area contributed by atoms with Gasteiger partial charge in [-0.3, -0.25) is 0 Å². The summed E-state index contributed by atoms with van der Waals surface area (Å²) in [6.45, 7) is 6.57. The number of aliphatic hydroxyl groups is 1. The largest absolute Gasteiger partial charge is 0.386 e. The summed E-state index contributed by atoms with van der Waals surface area (Å²) < 4.78 is 5.64. The third-order valence-electron chi connectivity index (χ3n) is 3.52. The average molecular weight is 235 g/mol. The van der Waals surface area contributed by atoms with Gasteiger partial charge in [-0.2, -0.15) is 0 Å². The fraction of sp³-hybridized carbons (Fsp3) is 0.571. The zero-order chi connectivity index (χ0) is 12.4. The first kappa shape index (κ1) is 12.6. The molecule has 0 aliphatic carbocycles. The third-order valence-corrected chi connectivity index (χ3v) is 3.52. The quantitative estimate of drug-likeness (QED) is 0.846. The van der Waals surface area contributed by atoms with Crippen LogP contribution >= 0.6 is 0 Å². The second kappa shape index (κ2) is 5.17. The predicted molar refractivity (Wildman–Crippen MR) is 68.1 cm³/mol. The number of morpholine rings is 1. The highest BCUT2D eigenvalue weighted by Crippen LogP contribution is 2.23. The number of rotatable bonds is 2. The number of hydrogen-bond donors (Lipinski definition) is 1. The molecule has 1 aromatic rings. The molecule has 2 rings (SSSR count). The van der Waals surface area contributed by atoms with E-state index in [0.29, 0.717) is 6.61 Å². The van der Waals surface area contributed by atoms with E-state index < -0.39 is 6.10 Å². The highest BCUT2D eigenvalue weighted by Gasteiger charge is 2.26. The SMILES string of the molecule is Cc1ccc(C(O)C2CN(C)CCO2)cc1C. The van der Waals surface area contributed by atoms with Crippen molar-refractivity contribution in [1.29, 1.82) is 0 Å². The van der Waals surface area contributed by atoms with E-state index in [9.17, 15) is 5.11 Å². The molecule has 1 heterocycles. The third kappa shape index (κ3) is 2.86. The molecule has 2 atom stereocenters. The second-order valence-electron chi connectivity index (χ2n) is 4.96. The highest BCUT2D eigenvalue weighted by atomic mass is 16.5. The standard InChI is InChI=1S/C14H21NO2/c1-10-4-5-12(8-11(10)2)14(16)13-9-15(3)6-7-17-13/h4-5,8,13-14,16H,6-7,9H2,1-3H3. The molecule has 3 nitrogen and oxygen atoms in total. The normalized spacial score (nSPS) is 23.6. The number of benzene rings is 1. The van der Waals surface area contributed by atoms with Crippen LogP contribution in [-0.4, -0.2) is 42.9 Å². The van der Waals surface area contributed by atoms with Crippen molar-refractivity contribution in [3.8, 4) is 0 Å². The molecule has 0 radical (unpaired) electrons. The Morgan fingerprint density at radius 1 is 1.35 bits per heavy atom. The lowest BCUT2D eigenvalue weighted by Crippen LogP contribution is -2.42. The Bertz CT molecular complexity index is 392. The number of aryl methyl sites for hydroxylation is 2. The van der Waals surface area contributed by atoms with Crippen molar-refractivity contribution >= 4 is 0 Å². The van der Waals surface area contributed by atoms with E-state index in [1.807, 2.05) is 6.07 Å². The summed E-state index contributed by atoms with van der Waals surface area (Å²) in [4.78, 5) is 2.19. The van der Waals surface area contributed by atoms with Gasteiger partial charge in [-0.05, 0) is 37.6 Å². The number of likely N-dealkylation sites (N-methyl/N-ethyl adjacent to an activating group) is 1. The lowest BCUT2D eigenvalue weighted by atomic mass is 9.99. The molecule has 94 valence electrons. The summed E-state index contributed by atoms with van der Waals surface area (Å²) in [5, 5.41) is 10.3. The highest BCUT2D eigenvalue weighted by molar-refractivity contribution is 5.31. The molecular weight excluding hydrogens is 214 g/mol. The lowest BCUT2D eigenvalue weighted by molar-refractivity contribution is -0.0844. The molecule has 3 heteroatoms. The van der Waals surface area contributed by atoms with Crippen molar-refractivity contribution in [3.05, 3.63) is 34.9 Å². The molecule has 1 fully saturated rings. The molecule has 17 heavy (non-hydrogen) atoms. The van der Waals surface area contributed by atoms with Gasteiger partial charge < -0.3 is 14.7 Å². The average Bonchev–Trinajstić information content (AvgIpc) is 2.32. The van der Waals surface area contributed by atoms with E-state index in [-0.39, 0.29) is 6.10 Å². The van der Waals surface area contributed by atoms with Gasteiger partial charge in [-0.1, -0.05) is 18.2 Å². The smallest absolute Gasteiger partial charge is 0.106 e. The van der Waals surface area contributed by atoms with Crippen LogP contribution in [0.15, 0.2) is 18.2 Å². The summed E-state index contributed by atoms with van der Waals surface area (Å²) >= 11 is 0. The zero-order valence-corrected chi connectivity index (χ0v) is 10.8. The van der Waals surface area contributed by atoms with Crippen LogP contribution in [0.1, 0.15) is 22.8 Å². The summed E-state index contributed by atoms with van der Waals surface area (Å²) in [7, 11) is 2.06. The first-order valence-electron chi connectivity index (χ1n) is 6.13. The van der Waals surface area contributed by atoms with Crippen LogP contribution in [0.5, 0.6) is 0 Å². The van der Waals surface area contributed by atoms with E-state index in [0.717, 1.165) is 18.7 Å². The van der Waals surface area contributed by atoms with Crippen LogP contribution in [0.25, 0.3) is 0 Å². The van der Waals surface area contributed by atoms with Crippen molar-refractivity contribution in [2.24, 2.45) is 0 Å². The Labute approximate surface area is 103 Å². The Morgan fingerprint density at radius 3 is 2.76 bits per heavy atom. The lowest BCUT2D eigenvalue weighted by Gasteiger charge is -2.33. The van der Waals surface area contributed by atoms with Crippen LogP contribution in [0.3, 0.4) is 0 Å². The van der Waals surface area contributed by atoms with E-state index in [1.165, 1.54) is 11.1 Å². The monoisotopic (exact) mass is 235 g/mol. The molecule has 0 saturated carbocycles. The minimum absolute atomic E-state index is 0.115. The van der Waals surface area contributed by atoms with Crippen LogP contribution in [0, 0.1) is 13.8 Å². The van der Waals surface area contributed by atoms with E-state index >= 15 is 0 Å². The molecule has 0 amide bonds. The maximum atomic E-state index is 10.3. The van der Waals surface area contributed by atoms with Crippen LogP contribution in [-0.2, 0) is 4.74 Å². The van der Waals surface area contributed by atoms with Crippen molar-refractivity contribution in [1.82, 2.24) is 4.90 Å². The van der Waals surface area contributed by atoms with Gasteiger partial charge in [0.2, 0.25) is 0 Å². The molecule has 1 N–H and O–H groups in total. The molecule has 2 unspecified atom stereocenters. The second-order valence-corrected chi connectivity index (χ2v) is 4.96. The fourth-order valence-corrected chi connectivity index (χ4v) is 2.17. The molecule has 1 saturated heterocycles. The van der Waals surface area contributed by atoms with Crippen LogP contribution in [0.4, 0.5) is 0 Å². The van der Waals surface area contributed by atoms with Crippen LogP contribution in [0.2, 0.25) is 0 Å². The summed E-state index contributed by atoms with van der Waals surface area (Å²) in [5.41, 5.74) is 3.42. The molecule has 0 spiro atoms. The van der Waals surface area contributed by atoms with Crippen molar-refractivity contribution in [2.75, 3.05) is 26.7 Å². The van der Waals surface area contributed by atoms with E-state index in [4.69, 9.17) is 4.74 Å². The van der Waals surface area contributed by atoms with Gasteiger partial charge in [0, 0.05) is 13.1 Å². The first-order chi connectivity index (χ1) is 8.08.